The molecular formula is C28H30FN3O3. The van der Waals surface area contributed by atoms with Crippen LogP contribution >= 0.6 is 0 Å². The molecule has 2 aromatic heterocycles. The molecule has 7 heteroatoms. The normalized spacial score (nSPS) is 19.0. The molecule has 0 spiro atoms. The lowest BCUT2D eigenvalue weighted by Crippen LogP contribution is -2.41. The number of aliphatic carboxylic acids is 1. The Morgan fingerprint density at radius 3 is 2.94 bits per heavy atom. The number of nitrogens with zero attached hydrogens (tertiary/aromatic N) is 3. The van der Waals surface area contributed by atoms with E-state index in [9.17, 15) is 9.90 Å². The average molecular weight is 476 g/mol. The lowest BCUT2D eigenvalue weighted by Gasteiger charge is -2.37. The Kier molecular flexibility index (Phi) is 8.27. The second-order valence-corrected chi connectivity index (χ2v) is 9.01. The van der Waals surface area contributed by atoms with Crippen LogP contribution in [0, 0.1) is 23.7 Å². The van der Waals surface area contributed by atoms with Crippen molar-refractivity contribution in [1.82, 2.24) is 14.9 Å². The number of benzene rings is 1. The van der Waals surface area contributed by atoms with E-state index in [1.807, 2.05) is 30.3 Å². The fourth-order valence-corrected chi connectivity index (χ4v) is 4.89. The Labute approximate surface area is 205 Å². The molecule has 1 saturated heterocycles. The van der Waals surface area contributed by atoms with E-state index in [0.717, 1.165) is 29.4 Å². The third kappa shape index (κ3) is 6.55. The number of carboxylic acid groups (broad SMARTS) is 1. The first-order valence-corrected chi connectivity index (χ1v) is 11.9. The van der Waals surface area contributed by atoms with Crippen molar-refractivity contribution in [3.05, 3.63) is 66.1 Å². The van der Waals surface area contributed by atoms with Crippen molar-refractivity contribution in [2.24, 2.45) is 11.8 Å². The minimum absolute atomic E-state index is 0.0251. The summed E-state index contributed by atoms with van der Waals surface area (Å²) < 4.78 is 20.7. The molecule has 3 atom stereocenters. The quantitative estimate of drug-likeness (QED) is 0.468. The summed E-state index contributed by atoms with van der Waals surface area (Å²) in [6.45, 7) is 2.06. The van der Waals surface area contributed by atoms with Gasteiger partial charge in [-0.1, -0.05) is 11.8 Å². The first kappa shape index (κ1) is 24.6. The molecule has 0 saturated carbocycles. The van der Waals surface area contributed by atoms with Crippen molar-refractivity contribution in [3.63, 3.8) is 0 Å². The van der Waals surface area contributed by atoms with Gasteiger partial charge in [0.15, 0.2) is 0 Å². The summed E-state index contributed by atoms with van der Waals surface area (Å²) in [5.41, 5.74) is 2.20. The number of likely N-dealkylation sites (tertiary alicyclic amines) is 1. The van der Waals surface area contributed by atoms with Crippen molar-refractivity contribution >= 4 is 16.9 Å². The molecule has 1 unspecified atom stereocenters. The van der Waals surface area contributed by atoms with Crippen LogP contribution in [0.15, 0.2) is 55.0 Å². The number of alkyl halides is 1. The van der Waals surface area contributed by atoms with Crippen molar-refractivity contribution in [2.75, 3.05) is 26.7 Å². The Balaban J connectivity index is 1.39. The number of methoxy groups -OCH3 is 1. The highest BCUT2D eigenvalue weighted by molar-refractivity contribution is 5.83. The van der Waals surface area contributed by atoms with E-state index in [1.165, 1.54) is 0 Å². The monoisotopic (exact) mass is 475 g/mol. The molecular weight excluding hydrogens is 445 g/mol. The first-order valence-electron chi connectivity index (χ1n) is 11.9. The largest absolute Gasteiger partial charge is 0.497 e. The van der Waals surface area contributed by atoms with Crippen LogP contribution in [0.25, 0.3) is 10.9 Å². The Hall–Kier alpha value is -3.50. The Morgan fingerprint density at radius 2 is 2.17 bits per heavy atom. The number of aromatic nitrogens is 2. The lowest BCUT2D eigenvalue weighted by molar-refractivity contribution is -0.139. The standard InChI is InChI=1S/C28H30FN3O3/c1-35-23-7-9-27-25(17-23)24(10-13-31-27)26(29)8-6-21-11-15-32(19-22(21)16-28(33)34)14-3-5-20-4-2-12-30-18-20/h2,4,7,9-10,12-13,17-18,21-22,26H,6,8,11,14-16,19H2,1H3,(H,33,34)/t21-,22+,26?/m1/s1. The molecule has 0 bridgehead atoms. The van der Waals surface area contributed by atoms with E-state index in [2.05, 4.69) is 26.7 Å². The lowest BCUT2D eigenvalue weighted by atomic mass is 9.79. The van der Waals surface area contributed by atoms with Gasteiger partial charge in [0.25, 0.3) is 0 Å². The number of halogens is 1. The molecule has 1 aromatic carbocycles. The molecule has 3 heterocycles. The number of ether oxygens (including phenoxy) is 1. The van der Waals surface area contributed by atoms with Crippen LogP contribution in [0.5, 0.6) is 5.75 Å². The molecule has 1 N–H and O–H groups in total. The van der Waals surface area contributed by atoms with E-state index in [-0.39, 0.29) is 18.3 Å². The van der Waals surface area contributed by atoms with Gasteiger partial charge in [-0.25, -0.2) is 4.39 Å². The molecule has 4 rings (SSSR count). The van der Waals surface area contributed by atoms with E-state index in [1.54, 1.807) is 31.8 Å². The minimum atomic E-state index is -1.15. The van der Waals surface area contributed by atoms with Crippen LogP contribution in [0.2, 0.25) is 0 Å². The average Bonchev–Trinajstić information content (AvgIpc) is 2.87. The molecule has 0 aliphatic carbocycles. The van der Waals surface area contributed by atoms with E-state index in [0.29, 0.717) is 37.2 Å². The SMILES string of the molecule is COc1ccc2nccc(C(F)CC[C@@H]3CCN(CC#Cc4cccnc4)C[C@@H]3CC(=O)O)c2c1. The summed E-state index contributed by atoms with van der Waals surface area (Å²) in [5.74, 6) is 6.27. The van der Waals surface area contributed by atoms with Gasteiger partial charge in [-0.05, 0) is 79.6 Å². The van der Waals surface area contributed by atoms with Crippen LogP contribution < -0.4 is 4.74 Å². The van der Waals surface area contributed by atoms with Crippen LogP contribution in [0.3, 0.4) is 0 Å². The maximum absolute atomic E-state index is 15.4. The summed E-state index contributed by atoms with van der Waals surface area (Å²) >= 11 is 0. The van der Waals surface area contributed by atoms with E-state index < -0.39 is 12.1 Å². The zero-order valence-electron chi connectivity index (χ0n) is 19.9. The van der Waals surface area contributed by atoms with Crippen molar-refractivity contribution in [3.8, 4) is 17.6 Å². The second kappa shape index (κ2) is 11.8. The van der Waals surface area contributed by atoms with Gasteiger partial charge < -0.3 is 9.84 Å². The first-order chi connectivity index (χ1) is 17.0. The Bertz CT molecular complexity index is 1210. The van der Waals surface area contributed by atoms with Gasteiger partial charge in [0.1, 0.15) is 11.9 Å². The third-order valence-electron chi connectivity index (χ3n) is 6.72. The predicted octanol–water partition coefficient (Wildman–Crippen LogP) is 4.89. The van der Waals surface area contributed by atoms with Gasteiger partial charge in [-0.15, -0.1) is 0 Å². The highest BCUT2D eigenvalue weighted by Crippen LogP contribution is 2.36. The van der Waals surface area contributed by atoms with Gasteiger partial charge in [0.05, 0.1) is 19.2 Å². The summed E-state index contributed by atoms with van der Waals surface area (Å²) in [7, 11) is 1.59. The maximum atomic E-state index is 15.4. The summed E-state index contributed by atoms with van der Waals surface area (Å²) in [4.78, 5) is 22.1. The zero-order chi connectivity index (χ0) is 24.6. The molecule has 0 radical (unpaired) electrons. The third-order valence-corrected chi connectivity index (χ3v) is 6.72. The number of hydrogen-bond donors (Lipinski definition) is 1. The predicted molar refractivity (Wildman–Crippen MR) is 133 cm³/mol. The van der Waals surface area contributed by atoms with E-state index >= 15 is 4.39 Å². The Morgan fingerprint density at radius 1 is 1.29 bits per heavy atom. The molecule has 1 aliphatic rings. The molecule has 1 aliphatic heterocycles. The number of carboxylic acids is 1. The highest BCUT2D eigenvalue weighted by atomic mass is 19.1. The van der Waals surface area contributed by atoms with Crippen molar-refractivity contribution in [2.45, 2.75) is 31.9 Å². The van der Waals surface area contributed by atoms with Crippen LogP contribution in [-0.4, -0.2) is 52.7 Å². The minimum Gasteiger partial charge on any atom is -0.497 e. The molecule has 182 valence electrons. The van der Waals surface area contributed by atoms with Gasteiger partial charge in [0.2, 0.25) is 0 Å². The van der Waals surface area contributed by atoms with Crippen LogP contribution in [-0.2, 0) is 4.79 Å². The molecule has 3 aromatic rings. The van der Waals surface area contributed by atoms with Gasteiger partial charge in [-0.3, -0.25) is 19.7 Å². The van der Waals surface area contributed by atoms with E-state index in [4.69, 9.17) is 4.74 Å². The summed E-state index contributed by atoms with van der Waals surface area (Å²) in [6.07, 6.45) is 5.83. The fourth-order valence-electron chi connectivity index (χ4n) is 4.89. The summed E-state index contributed by atoms with van der Waals surface area (Å²) in [6, 6.07) is 11.0. The number of pyridine rings is 2. The zero-order valence-corrected chi connectivity index (χ0v) is 19.9. The topological polar surface area (TPSA) is 75.5 Å². The fraction of sp³-hybridized carbons (Fsp3) is 0.393. The second-order valence-electron chi connectivity index (χ2n) is 9.01. The summed E-state index contributed by atoms with van der Waals surface area (Å²) in [5, 5.41) is 10.2. The molecule has 0 amide bonds. The number of fused-ring (bicyclic) bond motifs is 1. The highest BCUT2D eigenvalue weighted by Gasteiger charge is 2.31. The van der Waals surface area contributed by atoms with Crippen LogP contribution in [0.1, 0.15) is 43.0 Å². The molecule has 1 fully saturated rings. The van der Waals surface area contributed by atoms with Crippen LogP contribution in [0.4, 0.5) is 4.39 Å². The smallest absolute Gasteiger partial charge is 0.303 e. The van der Waals surface area contributed by atoms with Gasteiger partial charge in [0, 0.05) is 42.5 Å². The van der Waals surface area contributed by atoms with Crippen molar-refractivity contribution < 1.29 is 19.0 Å². The molecule has 35 heavy (non-hydrogen) atoms. The van der Waals surface area contributed by atoms with Gasteiger partial charge in [-0.2, -0.15) is 0 Å². The number of hydrogen-bond acceptors (Lipinski definition) is 5. The molecule has 6 nitrogen and oxygen atoms in total. The number of carbonyl (C=O) groups is 1. The maximum Gasteiger partial charge on any atom is 0.303 e. The van der Waals surface area contributed by atoms with Crippen molar-refractivity contribution in [1.29, 1.82) is 0 Å². The number of piperidine rings is 1. The van der Waals surface area contributed by atoms with Gasteiger partial charge >= 0.3 is 5.97 Å². The number of rotatable bonds is 8.